The highest BCUT2D eigenvalue weighted by Crippen LogP contribution is 2.28. The highest BCUT2D eigenvalue weighted by molar-refractivity contribution is 7.92. The second-order valence-electron chi connectivity index (χ2n) is 7.64. The molecule has 1 atom stereocenters. The molecule has 0 aliphatic carbocycles. The fourth-order valence-corrected chi connectivity index (χ4v) is 5.17. The van der Waals surface area contributed by atoms with E-state index in [1.807, 2.05) is 26.0 Å². The van der Waals surface area contributed by atoms with Crippen molar-refractivity contribution in [2.45, 2.75) is 46.6 Å². The highest BCUT2D eigenvalue weighted by Gasteiger charge is 2.27. The van der Waals surface area contributed by atoms with Crippen molar-refractivity contribution in [2.75, 3.05) is 16.6 Å². The summed E-state index contributed by atoms with van der Waals surface area (Å²) in [6, 6.07) is 11.3. The van der Waals surface area contributed by atoms with Crippen LogP contribution in [0, 0.1) is 20.8 Å². The van der Waals surface area contributed by atoms with Gasteiger partial charge in [-0.2, -0.15) is 0 Å². The van der Waals surface area contributed by atoms with Crippen molar-refractivity contribution < 1.29 is 13.2 Å². The summed E-state index contributed by atoms with van der Waals surface area (Å²) in [5.41, 5.74) is 5.37. The van der Waals surface area contributed by atoms with Crippen LogP contribution in [-0.2, 0) is 10.0 Å². The number of carbonyl (C=O) groups is 1. The van der Waals surface area contributed by atoms with Crippen LogP contribution in [0.5, 0.6) is 0 Å². The molecule has 1 saturated heterocycles. The zero-order valence-electron chi connectivity index (χ0n) is 17.0. The quantitative estimate of drug-likeness (QED) is 0.842. The van der Waals surface area contributed by atoms with E-state index >= 15 is 0 Å². The Morgan fingerprint density at radius 3 is 2.39 bits per heavy atom. The molecule has 0 bridgehead atoms. The van der Waals surface area contributed by atoms with Gasteiger partial charge in [-0.3, -0.25) is 9.10 Å². The lowest BCUT2D eigenvalue weighted by atomic mass is 10.0. The number of hydrogen-bond acceptors (Lipinski definition) is 3. The van der Waals surface area contributed by atoms with Gasteiger partial charge in [-0.15, -0.1) is 0 Å². The lowest BCUT2D eigenvalue weighted by Crippen LogP contribution is -2.38. The summed E-state index contributed by atoms with van der Waals surface area (Å²) in [4.78, 5) is 12.8. The molecule has 0 unspecified atom stereocenters. The third kappa shape index (κ3) is 4.22. The zero-order chi connectivity index (χ0) is 20.5. The molecule has 28 heavy (non-hydrogen) atoms. The van der Waals surface area contributed by atoms with Crippen molar-refractivity contribution in [1.29, 1.82) is 0 Å². The molecule has 2 aromatic carbocycles. The average molecular weight is 401 g/mol. The molecule has 1 aliphatic heterocycles. The van der Waals surface area contributed by atoms with E-state index in [1.54, 1.807) is 12.1 Å². The lowest BCUT2D eigenvalue weighted by molar-refractivity contribution is 0.0940. The van der Waals surface area contributed by atoms with Crippen LogP contribution < -0.4 is 9.62 Å². The first-order chi connectivity index (χ1) is 13.2. The van der Waals surface area contributed by atoms with Crippen LogP contribution in [0.15, 0.2) is 36.4 Å². The van der Waals surface area contributed by atoms with Gasteiger partial charge in [0.25, 0.3) is 5.91 Å². The maximum absolute atomic E-state index is 12.8. The van der Waals surface area contributed by atoms with Crippen LogP contribution in [0.1, 0.15) is 58.4 Å². The van der Waals surface area contributed by atoms with Gasteiger partial charge in [0.15, 0.2) is 0 Å². The molecule has 6 heteroatoms. The van der Waals surface area contributed by atoms with E-state index in [4.69, 9.17) is 0 Å². The predicted molar refractivity (Wildman–Crippen MR) is 113 cm³/mol. The Morgan fingerprint density at radius 1 is 1.00 bits per heavy atom. The third-order valence-electron chi connectivity index (χ3n) is 5.47. The van der Waals surface area contributed by atoms with Crippen molar-refractivity contribution in [3.8, 4) is 0 Å². The first kappa shape index (κ1) is 20.4. The molecular formula is C22H28N2O3S. The van der Waals surface area contributed by atoms with E-state index in [0.29, 0.717) is 24.2 Å². The summed E-state index contributed by atoms with van der Waals surface area (Å²) >= 11 is 0. The van der Waals surface area contributed by atoms with Crippen LogP contribution in [0.3, 0.4) is 0 Å². The van der Waals surface area contributed by atoms with Crippen molar-refractivity contribution >= 4 is 21.6 Å². The van der Waals surface area contributed by atoms with Gasteiger partial charge >= 0.3 is 0 Å². The standard InChI is InChI=1S/C22H28N2O3S/c1-15-7-9-19(13-17(15)3)18(4)23-22(25)20-10-8-16(2)21(14-20)24-11-5-6-12-28(24,26)27/h7-10,13-14,18H,5-6,11-12H2,1-4H3,(H,23,25)/t18-/m0/s1. The molecule has 150 valence electrons. The second-order valence-corrected chi connectivity index (χ2v) is 9.65. The molecule has 1 amide bonds. The van der Waals surface area contributed by atoms with Gasteiger partial charge in [-0.05, 0) is 74.9 Å². The van der Waals surface area contributed by atoms with Crippen molar-refractivity contribution in [3.63, 3.8) is 0 Å². The topological polar surface area (TPSA) is 66.5 Å². The summed E-state index contributed by atoms with van der Waals surface area (Å²) in [7, 11) is -3.31. The van der Waals surface area contributed by atoms with E-state index in [1.165, 1.54) is 15.4 Å². The maximum atomic E-state index is 12.8. The van der Waals surface area contributed by atoms with Crippen LogP contribution in [0.2, 0.25) is 0 Å². The molecule has 2 aromatic rings. The number of hydrogen-bond donors (Lipinski definition) is 1. The van der Waals surface area contributed by atoms with E-state index in [2.05, 4.69) is 31.3 Å². The number of carbonyl (C=O) groups excluding carboxylic acids is 1. The van der Waals surface area contributed by atoms with E-state index in [0.717, 1.165) is 17.5 Å². The van der Waals surface area contributed by atoms with Crippen molar-refractivity contribution in [2.24, 2.45) is 0 Å². The molecule has 1 N–H and O–H groups in total. The Morgan fingerprint density at radius 2 is 1.71 bits per heavy atom. The molecule has 0 aromatic heterocycles. The Bertz CT molecular complexity index is 999. The molecular weight excluding hydrogens is 372 g/mol. The SMILES string of the molecule is Cc1ccc([C@H](C)NC(=O)c2ccc(C)c(N3CCCCS3(=O)=O)c2)cc1C. The fraction of sp³-hybridized carbons (Fsp3) is 0.409. The molecule has 0 spiro atoms. The van der Waals surface area contributed by atoms with Gasteiger partial charge in [0.2, 0.25) is 10.0 Å². The first-order valence-corrected chi connectivity index (χ1v) is 11.3. The number of rotatable bonds is 4. The molecule has 1 aliphatic rings. The number of benzene rings is 2. The molecule has 5 nitrogen and oxygen atoms in total. The van der Waals surface area contributed by atoms with Gasteiger partial charge in [0.05, 0.1) is 17.5 Å². The Balaban J connectivity index is 1.83. The van der Waals surface area contributed by atoms with Crippen LogP contribution in [0.4, 0.5) is 5.69 Å². The van der Waals surface area contributed by atoms with Gasteiger partial charge in [-0.1, -0.05) is 24.3 Å². The number of anilines is 1. The van der Waals surface area contributed by atoms with E-state index in [-0.39, 0.29) is 17.7 Å². The van der Waals surface area contributed by atoms with Gasteiger partial charge in [-0.25, -0.2) is 8.42 Å². The minimum atomic E-state index is -3.31. The molecule has 3 rings (SSSR count). The average Bonchev–Trinajstić information content (AvgIpc) is 2.64. The van der Waals surface area contributed by atoms with Crippen molar-refractivity contribution in [3.05, 3.63) is 64.2 Å². The molecule has 1 heterocycles. The van der Waals surface area contributed by atoms with Gasteiger partial charge < -0.3 is 5.32 Å². The van der Waals surface area contributed by atoms with Crippen LogP contribution in [-0.4, -0.2) is 26.6 Å². The van der Waals surface area contributed by atoms with E-state index < -0.39 is 10.0 Å². The maximum Gasteiger partial charge on any atom is 0.251 e. The summed E-state index contributed by atoms with van der Waals surface area (Å²) in [5, 5.41) is 3.02. The summed E-state index contributed by atoms with van der Waals surface area (Å²) in [5.74, 6) is -0.0477. The predicted octanol–water partition coefficient (Wildman–Crippen LogP) is 4.03. The number of nitrogens with zero attached hydrogens (tertiary/aromatic N) is 1. The minimum absolute atomic E-state index is 0.143. The largest absolute Gasteiger partial charge is 0.346 e. The highest BCUT2D eigenvalue weighted by atomic mass is 32.2. The summed E-state index contributed by atoms with van der Waals surface area (Å²) in [6.45, 7) is 8.40. The Hall–Kier alpha value is -2.34. The fourth-order valence-electron chi connectivity index (χ4n) is 3.48. The third-order valence-corrected chi connectivity index (χ3v) is 7.32. The minimum Gasteiger partial charge on any atom is -0.346 e. The normalized spacial score (nSPS) is 17.2. The molecule has 0 radical (unpaired) electrons. The molecule has 0 saturated carbocycles. The smallest absolute Gasteiger partial charge is 0.251 e. The Labute approximate surface area is 167 Å². The Kier molecular flexibility index (Phi) is 5.79. The molecule has 1 fully saturated rings. The second kappa shape index (κ2) is 7.95. The summed E-state index contributed by atoms with van der Waals surface area (Å²) in [6.07, 6.45) is 1.52. The number of aryl methyl sites for hydroxylation is 3. The van der Waals surface area contributed by atoms with Crippen LogP contribution in [0.25, 0.3) is 0 Å². The van der Waals surface area contributed by atoms with Gasteiger partial charge in [0.1, 0.15) is 0 Å². The summed E-state index contributed by atoms with van der Waals surface area (Å²) < 4.78 is 26.4. The van der Waals surface area contributed by atoms with Crippen molar-refractivity contribution in [1.82, 2.24) is 5.32 Å². The van der Waals surface area contributed by atoms with Crippen LogP contribution >= 0.6 is 0 Å². The first-order valence-electron chi connectivity index (χ1n) is 9.68. The number of nitrogens with one attached hydrogen (secondary N) is 1. The van der Waals surface area contributed by atoms with Gasteiger partial charge in [0, 0.05) is 12.1 Å². The monoisotopic (exact) mass is 400 g/mol. The number of amides is 1. The van der Waals surface area contributed by atoms with E-state index in [9.17, 15) is 13.2 Å². The lowest BCUT2D eigenvalue weighted by Gasteiger charge is -2.29. The zero-order valence-corrected chi connectivity index (χ0v) is 17.8. The number of sulfonamides is 1.